The molecule has 0 saturated heterocycles. The molecule has 2 aromatic heterocycles. The van der Waals surface area contributed by atoms with Gasteiger partial charge in [0.15, 0.2) is 0 Å². The van der Waals surface area contributed by atoms with Crippen LogP contribution in [0.25, 0.3) is 22.2 Å². The van der Waals surface area contributed by atoms with Gasteiger partial charge < -0.3 is 9.84 Å². The summed E-state index contributed by atoms with van der Waals surface area (Å²) in [5.41, 5.74) is 6.98. The summed E-state index contributed by atoms with van der Waals surface area (Å²) in [5.74, 6) is 0. The molecule has 5 rings (SSSR count). The van der Waals surface area contributed by atoms with E-state index in [1.807, 2.05) is 18.2 Å². The van der Waals surface area contributed by atoms with Crippen LogP contribution in [0, 0.1) is 11.3 Å². The van der Waals surface area contributed by atoms with Crippen LogP contribution in [0.2, 0.25) is 0 Å². The third kappa shape index (κ3) is 2.74. The quantitative estimate of drug-likeness (QED) is 0.561. The minimum Gasteiger partial charge on any atom is -0.378 e. The van der Waals surface area contributed by atoms with Gasteiger partial charge in [-0.3, -0.25) is 5.10 Å². The number of aromatic nitrogens is 3. The summed E-state index contributed by atoms with van der Waals surface area (Å²) in [4.78, 5) is 0. The molecule has 1 atom stereocenters. The van der Waals surface area contributed by atoms with Crippen molar-refractivity contribution < 1.29 is 4.52 Å². The van der Waals surface area contributed by atoms with Crippen molar-refractivity contribution in [3.05, 3.63) is 65.5 Å². The monoisotopic (exact) mass is 355 g/mol. The predicted octanol–water partition coefficient (Wildman–Crippen LogP) is 4.58. The van der Waals surface area contributed by atoms with Crippen LogP contribution in [0.15, 0.2) is 53.4 Å². The number of anilines is 1. The first-order chi connectivity index (χ1) is 13.3. The van der Waals surface area contributed by atoms with Crippen LogP contribution in [-0.2, 0) is 6.42 Å². The summed E-state index contributed by atoms with van der Waals surface area (Å²) < 4.78 is 4.95. The molecule has 0 amide bonds. The molecule has 6 nitrogen and oxygen atoms in total. The van der Waals surface area contributed by atoms with Gasteiger partial charge in [0.1, 0.15) is 12.0 Å². The summed E-state index contributed by atoms with van der Waals surface area (Å²) in [6.45, 7) is 0. The molecule has 1 aliphatic rings. The van der Waals surface area contributed by atoms with Crippen molar-refractivity contribution in [3.63, 3.8) is 0 Å². The number of nitriles is 1. The van der Waals surface area contributed by atoms with E-state index in [1.54, 1.807) is 12.5 Å². The lowest BCUT2D eigenvalue weighted by atomic mass is 9.86. The van der Waals surface area contributed by atoms with E-state index in [0.717, 1.165) is 52.7 Å². The molecule has 0 bridgehead atoms. The third-order valence-corrected chi connectivity index (χ3v) is 5.20. The molecule has 2 heterocycles. The Morgan fingerprint density at radius 3 is 3.04 bits per heavy atom. The van der Waals surface area contributed by atoms with E-state index in [1.165, 1.54) is 11.1 Å². The fourth-order valence-corrected chi connectivity index (χ4v) is 3.88. The zero-order chi connectivity index (χ0) is 18.2. The van der Waals surface area contributed by atoms with Crippen molar-refractivity contribution in [1.82, 2.24) is 15.4 Å². The van der Waals surface area contributed by atoms with Crippen molar-refractivity contribution >= 4 is 16.6 Å². The number of fused-ring (bicyclic) bond motifs is 2. The first-order valence-electron chi connectivity index (χ1n) is 8.99. The summed E-state index contributed by atoms with van der Waals surface area (Å²) in [7, 11) is 0. The Labute approximate surface area is 155 Å². The molecule has 1 aliphatic carbocycles. The van der Waals surface area contributed by atoms with E-state index in [-0.39, 0.29) is 6.04 Å². The Morgan fingerprint density at radius 2 is 2.19 bits per heavy atom. The zero-order valence-corrected chi connectivity index (χ0v) is 14.6. The summed E-state index contributed by atoms with van der Waals surface area (Å²) >= 11 is 0. The lowest BCUT2D eigenvalue weighted by molar-refractivity contribution is 0.420. The number of rotatable bonds is 3. The number of nitrogens with zero attached hydrogens (tertiary/aromatic N) is 3. The van der Waals surface area contributed by atoms with Gasteiger partial charge in [-0.2, -0.15) is 10.4 Å². The molecular formula is C21H17N5O. The highest BCUT2D eigenvalue weighted by molar-refractivity contribution is 5.94. The van der Waals surface area contributed by atoms with Crippen molar-refractivity contribution in [1.29, 1.82) is 5.26 Å². The van der Waals surface area contributed by atoms with Crippen LogP contribution in [0.1, 0.15) is 35.6 Å². The maximum Gasteiger partial charge on any atom is 0.133 e. The molecule has 4 aromatic rings. The standard InChI is InChI=1S/C21H17N5O/c22-10-13-4-6-17-14(8-13)2-1-3-19(17)24-16-5-7-20-18(9-16)21(26-25-20)15-11-23-27-12-15/h4-9,11-12,19,24H,1-3H2,(H,25,26). The van der Waals surface area contributed by atoms with Gasteiger partial charge in [0, 0.05) is 11.1 Å². The number of aryl methyl sites for hydroxylation is 1. The maximum absolute atomic E-state index is 9.14. The van der Waals surface area contributed by atoms with Gasteiger partial charge in [-0.15, -0.1) is 0 Å². The minimum atomic E-state index is 0.241. The topological polar surface area (TPSA) is 90.5 Å². The molecular weight excluding hydrogens is 338 g/mol. The highest BCUT2D eigenvalue weighted by Crippen LogP contribution is 2.35. The Bertz CT molecular complexity index is 1150. The summed E-state index contributed by atoms with van der Waals surface area (Å²) in [6, 6.07) is 14.7. The van der Waals surface area contributed by atoms with Crippen molar-refractivity contribution in [2.24, 2.45) is 0 Å². The van der Waals surface area contributed by atoms with Gasteiger partial charge in [0.2, 0.25) is 0 Å². The minimum absolute atomic E-state index is 0.241. The van der Waals surface area contributed by atoms with Crippen molar-refractivity contribution in [2.75, 3.05) is 5.32 Å². The van der Waals surface area contributed by atoms with Gasteiger partial charge in [0.05, 0.1) is 35.0 Å². The van der Waals surface area contributed by atoms with Gasteiger partial charge in [0.25, 0.3) is 0 Å². The number of benzene rings is 2. The van der Waals surface area contributed by atoms with Crippen molar-refractivity contribution in [3.8, 4) is 17.3 Å². The van der Waals surface area contributed by atoms with Crippen LogP contribution in [0.5, 0.6) is 0 Å². The van der Waals surface area contributed by atoms with Crippen LogP contribution in [0.4, 0.5) is 5.69 Å². The molecule has 0 fully saturated rings. The lowest BCUT2D eigenvalue weighted by Crippen LogP contribution is -2.17. The number of H-pyrrole nitrogens is 1. The average molecular weight is 355 g/mol. The van der Waals surface area contributed by atoms with Crippen LogP contribution < -0.4 is 5.32 Å². The predicted molar refractivity (Wildman–Crippen MR) is 102 cm³/mol. The van der Waals surface area contributed by atoms with E-state index < -0.39 is 0 Å². The van der Waals surface area contributed by atoms with E-state index in [4.69, 9.17) is 9.78 Å². The Kier molecular flexibility index (Phi) is 3.65. The zero-order valence-electron chi connectivity index (χ0n) is 14.6. The van der Waals surface area contributed by atoms with Crippen LogP contribution >= 0.6 is 0 Å². The molecule has 2 N–H and O–H groups in total. The molecule has 2 aromatic carbocycles. The Balaban J connectivity index is 1.49. The number of hydrogen-bond acceptors (Lipinski definition) is 5. The summed E-state index contributed by atoms with van der Waals surface area (Å²) in [5, 5.41) is 25.1. The third-order valence-electron chi connectivity index (χ3n) is 5.20. The molecule has 132 valence electrons. The van der Waals surface area contributed by atoms with Gasteiger partial charge in [-0.05, 0) is 60.7 Å². The largest absolute Gasteiger partial charge is 0.378 e. The molecule has 27 heavy (non-hydrogen) atoms. The fraction of sp³-hybridized carbons (Fsp3) is 0.190. The molecule has 0 spiro atoms. The van der Waals surface area contributed by atoms with Gasteiger partial charge in [-0.1, -0.05) is 11.2 Å². The molecule has 6 heteroatoms. The maximum atomic E-state index is 9.14. The first-order valence-corrected chi connectivity index (χ1v) is 8.99. The summed E-state index contributed by atoms with van der Waals surface area (Å²) in [6.07, 6.45) is 6.47. The second-order valence-electron chi connectivity index (χ2n) is 6.86. The van der Waals surface area contributed by atoms with Crippen LogP contribution in [-0.4, -0.2) is 15.4 Å². The number of hydrogen-bond donors (Lipinski definition) is 2. The first kappa shape index (κ1) is 15.6. The molecule has 0 radical (unpaired) electrons. The SMILES string of the molecule is N#Cc1ccc2c(c1)CCCC2Nc1ccc2[nH]nc(-c3cnoc3)c2c1. The number of nitrogens with one attached hydrogen (secondary N) is 2. The lowest BCUT2D eigenvalue weighted by Gasteiger charge is -2.27. The van der Waals surface area contributed by atoms with E-state index in [0.29, 0.717) is 0 Å². The smallest absolute Gasteiger partial charge is 0.133 e. The second-order valence-corrected chi connectivity index (χ2v) is 6.86. The van der Waals surface area contributed by atoms with E-state index in [2.05, 4.69) is 44.9 Å². The highest BCUT2D eigenvalue weighted by atomic mass is 16.5. The Morgan fingerprint density at radius 1 is 1.22 bits per heavy atom. The molecule has 0 aliphatic heterocycles. The average Bonchev–Trinajstić information content (AvgIpc) is 3.37. The fourth-order valence-electron chi connectivity index (χ4n) is 3.88. The highest BCUT2D eigenvalue weighted by Gasteiger charge is 2.21. The van der Waals surface area contributed by atoms with Gasteiger partial charge >= 0.3 is 0 Å². The van der Waals surface area contributed by atoms with Crippen molar-refractivity contribution in [2.45, 2.75) is 25.3 Å². The normalized spacial score (nSPS) is 16.0. The molecule has 0 saturated carbocycles. The van der Waals surface area contributed by atoms with E-state index in [9.17, 15) is 0 Å². The van der Waals surface area contributed by atoms with Gasteiger partial charge in [-0.25, -0.2) is 0 Å². The second kappa shape index (κ2) is 6.29. The number of aromatic amines is 1. The van der Waals surface area contributed by atoms with Crippen LogP contribution in [0.3, 0.4) is 0 Å². The Hall–Kier alpha value is -3.59. The van der Waals surface area contributed by atoms with E-state index >= 15 is 0 Å². The molecule has 1 unspecified atom stereocenters.